The van der Waals surface area contributed by atoms with Gasteiger partial charge >= 0.3 is 0 Å². The van der Waals surface area contributed by atoms with Crippen LogP contribution in [-0.4, -0.2) is 9.91 Å². The Hall–Kier alpha value is -2.94. The second-order valence-corrected chi connectivity index (χ2v) is 4.71. The maximum Gasteiger partial charge on any atom is 0.272 e. The predicted molar refractivity (Wildman–Crippen MR) is 78.8 cm³/mol. The number of nitrogens with zero attached hydrogens (tertiary/aromatic N) is 3. The topological polar surface area (TPSA) is 91.8 Å². The standard InChI is InChI=1S/C15H14N4O2/c1-10-3-5-13(7-14(10)19(20)21)11(2)18-15-6-4-12(8-16)9-17-15/h3-7,9,11H,1-2H3,(H,17,18)/t11-/m1/s1. The van der Waals surface area contributed by atoms with Gasteiger partial charge in [-0.2, -0.15) is 5.26 Å². The number of nitro benzene ring substituents is 1. The average molecular weight is 282 g/mol. The first-order chi connectivity index (χ1) is 10.0. The lowest BCUT2D eigenvalue weighted by atomic mass is 10.0. The number of anilines is 1. The molecule has 0 amide bonds. The van der Waals surface area contributed by atoms with Crippen LogP contribution in [0.4, 0.5) is 11.5 Å². The van der Waals surface area contributed by atoms with E-state index in [1.807, 2.05) is 19.1 Å². The smallest absolute Gasteiger partial charge is 0.272 e. The second kappa shape index (κ2) is 6.01. The van der Waals surface area contributed by atoms with Crippen LogP contribution in [0, 0.1) is 28.4 Å². The maximum absolute atomic E-state index is 11.0. The Morgan fingerprint density at radius 3 is 2.71 bits per heavy atom. The summed E-state index contributed by atoms with van der Waals surface area (Å²) in [6.07, 6.45) is 1.48. The minimum absolute atomic E-state index is 0.105. The quantitative estimate of drug-likeness (QED) is 0.685. The number of nitriles is 1. The Balaban J connectivity index is 2.20. The molecule has 1 N–H and O–H groups in total. The van der Waals surface area contributed by atoms with E-state index in [2.05, 4.69) is 10.3 Å². The van der Waals surface area contributed by atoms with Gasteiger partial charge in [0.2, 0.25) is 0 Å². The fraction of sp³-hybridized carbons (Fsp3) is 0.200. The molecule has 0 saturated heterocycles. The summed E-state index contributed by atoms with van der Waals surface area (Å²) in [5.41, 5.74) is 2.03. The summed E-state index contributed by atoms with van der Waals surface area (Å²) in [6.45, 7) is 3.61. The largest absolute Gasteiger partial charge is 0.364 e. The lowest BCUT2D eigenvalue weighted by Crippen LogP contribution is -2.08. The van der Waals surface area contributed by atoms with Crippen LogP contribution in [-0.2, 0) is 0 Å². The van der Waals surface area contributed by atoms with Crippen molar-refractivity contribution in [3.63, 3.8) is 0 Å². The van der Waals surface area contributed by atoms with Crippen molar-refractivity contribution < 1.29 is 4.92 Å². The van der Waals surface area contributed by atoms with E-state index in [9.17, 15) is 10.1 Å². The molecular formula is C15H14N4O2. The highest BCUT2D eigenvalue weighted by Crippen LogP contribution is 2.25. The summed E-state index contributed by atoms with van der Waals surface area (Å²) in [5.74, 6) is 0.615. The Morgan fingerprint density at radius 2 is 2.14 bits per heavy atom. The van der Waals surface area contributed by atoms with E-state index >= 15 is 0 Å². The predicted octanol–water partition coefficient (Wildman–Crippen LogP) is 3.34. The molecule has 2 rings (SSSR count). The minimum atomic E-state index is -0.383. The minimum Gasteiger partial charge on any atom is -0.364 e. The Labute approximate surface area is 122 Å². The van der Waals surface area contributed by atoms with Crippen molar-refractivity contribution in [1.29, 1.82) is 5.26 Å². The Bertz CT molecular complexity index is 705. The molecule has 21 heavy (non-hydrogen) atoms. The van der Waals surface area contributed by atoms with Crippen LogP contribution in [0.3, 0.4) is 0 Å². The zero-order chi connectivity index (χ0) is 15.4. The number of rotatable bonds is 4. The number of nitro groups is 1. The zero-order valence-corrected chi connectivity index (χ0v) is 11.7. The van der Waals surface area contributed by atoms with Crippen LogP contribution >= 0.6 is 0 Å². The summed E-state index contributed by atoms with van der Waals surface area (Å²) in [7, 11) is 0. The molecule has 0 spiro atoms. The van der Waals surface area contributed by atoms with E-state index in [1.165, 1.54) is 6.20 Å². The summed E-state index contributed by atoms with van der Waals surface area (Å²) < 4.78 is 0. The van der Waals surface area contributed by atoms with Crippen LogP contribution in [0.1, 0.15) is 29.7 Å². The first-order valence-corrected chi connectivity index (χ1v) is 6.39. The lowest BCUT2D eigenvalue weighted by molar-refractivity contribution is -0.385. The van der Waals surface area contributed by atoms with Crippen molar-refractivity contribution in [2.24, 2.45) is 0 Å². The van der Waals surface area contributed by atoms with Crippen molar-refractivity contribution in [3.8, 4) is 6.07 Å². The molecule has 6 nitrogen and oxygen atoms in total. The molecule has 106 valence electrons. The molecule has 0 aliphatic rings. The SMILES string of the molecule is Cc1ccc([C@@H](C)Nc2ccc(C#N)cn2)cc1[N+](=O)[O-]. The second-order valence-electron chi connectivity index (χ2n) is 4.71. The van der Waals surface area contributed by atoms with Crippen molar-refractivity contribution >= 4 is 11.5 Å². The van der Waals surface area contributed by atoms with E-state index in [1.54, 1.807) is 31.2 Å². The summed E-state index contributed by atoms with van der Waals surface area (Å²) in [6, 6.07) is 10.4. The highest BCUT2D eigenvalue weighted by atomic mass is 16.6. The van der Waals surface area contributed by atoms with E-state index in [0.29, 0.717) is 16.9 Å². The van der Waals surface area contributed by atoms with Gasteiger partial charge in [-0.1, -0.05) is 12.1 Å². The molecule has 0 bridgehead atoms. The van der Waals surface area contributed by atoms with Gasteiger partial charge in [0.05, 0.1) is 16.5 Å². The van der Waals surface area contributed by atoms with Crippen LogP contribution in [0.25, 0.3) is 0 Å². The van der Waals surface area contributed by atoms with E-state index in [-0.39, 0.29) is 16.7 Å². The van der Waals surface area contributed by atoms with Gasteiger partial charge in [0.15, 0.2) is 0 Å². The normalized spacial score (nSPS) is 11.5. The van der Waals surface area contributed by atoms with E-state index in [0.717, 1.165) is 5.56 Å². The monoisotopic (exact) mass is 282 g/mol. The molecule has 1 atom stereocenters. The molecular weight excluding hydrogens is 268 g/mol. The molecule has 6 heteroatoms. The highest BCUT2D eigenvalue weighted by Gasteiger charge is 2.14. The third-order valence-electron chi connectivity index (χ3n) is 3.19. The fourth-order valence-electron chi connectivity index (χ4n) is 1.94. The zero-order valence-electron chi connectivity index (χ0n) is 11.7. The summed E-state index contributed by atoms with van der Waals surface area (Å²) in [4.78, 5) is 14.7. The molecule has 0 saturated carbocycles. The Kier molecular flexibility index (Phi) is 4.14. The highest BCUT2D eigenvalue weighted by molar-refractivity contribution is 5.46. The van der Waals surface area contributed by atoms with Gasteiger partial charge < -0.3 is 5.32 Å². The number of aryl methyl sites for hydroxylation is 1. The number of pyridine rings is 1. The number of benzene rings is 1. The molecule has 2 aromatic rings. The van der Waals surface area contributed by atoms with Crippen LogP contribution < -0.4 is 5.32 Å². The molecule has 1 aromatic carbocycles. The summed E-state index contributed by atoms with van der Waals surface area (Å²) in [5, 5.41) is 22.8. The first-order valence-electron chi connectivity index (χ1n) is 6.39. The van der Waals surface area contributed by atoms with Crippen molar-refractivity contribution in [2.45, 2.75) is 19.9 Å². The van der Waals surface area contributed by atoms with Crippen molar-refractivity contribution in [2.75, 3.05) is 5.32 Å². The number of hydrogen-bond donors (Lipinski definition) is 1. The van der Waals surface area contributed by atoms with Crippen molar-refractivity contribution in [3.05, 3.63) is 63.3 Å². The third-order valence-corrected chi connectivity index (χ3v) is 3.19. The van der Waals surface area contributed by atoms with E-state index in [4.69, 9.17) is 5.26 Å². The van der Waals surface area contributed by atoms with Gasteiger partial charge in [0.25, 0.3) is 5.69 Å². The van der Waals surface area contributed by atoms with Gasteiger partial charge in [-0.25, -0.2) is 4.98 Å². The third kappa shape index (κ3) is 3.34. The van der Waals surface area contributed by atoms with Gasteiger partial charge in [-0.15, -0.1) is 0 Å². The first kappa shape index (κ1) is 14.5. The average Bonchev–Trinajstić information content (AvgIpc) is 2.48. The molecule has 0 radical (unpaired) electrons. The fourth-order valence-corrected chi connectivity index (χ4v) is 1.94. The number of nitrogens with one attached hydrogen (secondary N) is 1. The van der Waals surface area contributed by atoms with Crippen LogP contribution in [0.15, 0.2) is 36.5 Å². The van der Waals surface area contributed by atoms with Gasteiger partial charge in [0, 0.05) is 17.8 Å². The number of hydrogen-bond acceptors (Lipinski definition) is 5. The number of aromatic nitrogens is 1. The molecule has 1 heterocycles. The molecule has 0 aliphatic carbocycles. The van der Waals surface area contributed by atoms with Gasteiger partial charge in [0.1, 0.15) is 11.9 Å². The molecule has 0 unspecified atom stereocenters. The van der Waals surface area contributed by atoms with E-state index < -0.39 is 0 Å². The molecule has 1 aromatic heterocycles. The Morgan fingerprint density at radius 1 is 1.38 bits per heavy atom. The van der Waals surface area contributed by atoms with Gasteiger partial charge in [-0.3, -0.25) is 10.1 Å². The lowest BCUT2D eigenvalue weighted by Gasteiger charge is -2.15. The summed E-state index contributed by atoms with van der Waals surface area (Å²) >= 11 is 0. The van der Waals surface area contributed by atoms with Crippen molar-refractivity contribution in [1.82, 2.24) is 4.98 Å². The van der Waals surface area contributed by atoms with Crippen LogP contribution in [0.2, 0.25) is 0 Å². The van der Waals surface area contributed by atoms with Crippen LogP contribution in [0.5, 0.6) is 0 Å². The molecule has 0 fully saturated rings. The maximum atomic E-state index is 11.0. The van der Waals surface area contributed by atoms with Gasteiger partial charge in [-0.05, 0) is 31.5 Å². The molecule has 0 aliphatic heterocycles.